The molecular formula is C32H42N6O4. The maximum Gasteiger partial charge on any atom is 0.410 e. The molecule has 3 amide bonds. The minimum atomic E-state index is -0.999. The van der Waals surface area contributed by atoms with Gasteiger partial charge in [0.2, 0.25) is 0 Å². The van der Waals surface area contributed by atoms with Crippen LogP contribution in [0.1, 0.15) is 71.6 Å². The lowest BCUT2D eigenvalue weighted by molar-refractivity contribution is -0.137. The molecule has 3 heterocycles. The molecule has 0 aliphatic carbocycles. The van der Waals surface area contributed by atoms with Crippen molar-refractivity contribution < 1.29 is 19.1 Å². The fourth-order valence-electron chi connectivity index (χ4n) is 5.38. The van der Waals surface area contributed by atoms with E-state index in [0.717, 1.165) is 12.0 Å². The van der Waals surface area contributed by atoms with Gasteiger partial charge in [-0.15, -0.1) is 0 Å². The van der Waals surface area contributed by atoms with E-state index in [4.69, 9.17) is 4.74 Å². The van der Waals surface area contributed by atoms with Crippen molar-refractivity contribution in [1.29, 1.82) is 5.26 Å². The number of carbonyl (C=O) groups is 3. The summed E-state index contributed by atoms with van der Waals surface area (Å²) in [6.45, 7) is 13.6. The van der Waals surface area contributed by atoms with Crippen LogP contribution in [0.25, 0.3) is 0 Å². The molecular weight excluding hydrogens is 532 g/mol. The van der Waals surface area contributed by atoms with Crippen molar-refractivity contribution in [1.82, 2.24) is 19.7 Å². The number of carbonyl (C=O) groups excluding carboxylic acids is 3. The number of aromatic nitrogens is 1. The molecule has 0 radical (unpaired) electrons. The van der Waals surface area contributed by atoms with Gasteiger partial charge in [-0.3, -0.25) is 24.4 Å². The van der Waals surface area contributed by atoms with Crippen molar-refractivity contribution in [2.75, 3.05) is 37.6 Å². The third-order valence-electron chi connectivity index (χ3n) is 7.65. The van der Waals surface area contributed by atoms with E-state index in [-0.39, 0.29) is 17.2 Å². The number of pyridine rings is 1. The first-order valence-electron chi connectivity index (χ1n) is 14.6. The van der Waals surface area contributed by atoms with E-state index >= 15 is 0 Å². The van der Waals surface area contributed by atoms with Crippen LogP contribution < -0.4 is 4.90 Å². The second-order valence-corrected chi connectivity index (χ2v) is 12.9. The molecule has 0 saturated carbocycles. The van der Waals surface area contributed by atoms with Crippen LogP contribution in [-0.2, 0) is 19.7 Å². The van der Waals surface area contributed by atoms with Gasteiger partial charge >= 0.3 is 6.09 Å². The van der Waals surface area contributed by atoms with Gasteiger partial charge in [-0.25, -0.2) is 4.79 Å². The normalized spacial score (nSPS) is 18.3. The molecule has 1 aromatic heterocycles. The van der Waals surface area contributed by atoms with Gasteiger partial charge in [0.25, 0.3) is 11.8 Å². The first-order valence-corrected chi connectivity index (χ1v) is 14.6. The molecule has 0 spiro atoms. The zero-order chi connectivity index (χ0) is 30.7. The minimum absolute atomic E-state index is 0.0944. The molecule has 0 bridgehead atoms. The van der Waals surface area contributed by atoms with Crippen LogP contribution in [-0.4, -0.2) is 82.0 Å². The van der Waals surface area contributed by atoms with Gasteiger partial charge in [0, 0.05) is 56.4 Å². The van der Waals surface area contributed by atoms with Crippen molar-refractivity contribution >= 4 is 23.6 Å². The quantitative estimate of drug-likeness (QED) is 0.485. The molecule has 1 unspecified atom stereocenters. The van der Waals surface area contributed by atoms with Crippen LogP contribution in [0.5, 0.6) is 0 Å². The highest BCUT2D eigenvalue weighted by Crippen LogP contribution is 2.34. The molecule has 10 nitrogen and oxygen atoms in total. The summed E-state index contributed by atoms with van der Waals surface area (Å²) in [7, 11) is 0. The lowest BCUT2D eigenvalue weighted by Crippen LogP contribution is -2.56. The second-order valence-electron chi connectivity index (χ2n) is 12.9. The highest BCUT2D eigenvalue weighted by molar-refractivity contribution is 6.04. The average Bonchev–Trinajstić information content (AvgIpc) is 3.44. The highest BCUT2D eigenvalue weighted by Gasteiger charge is 2.42. The number of anilines is 1. The molecule has 2 atom stereocenters. The largest absolute Gasteiger partial charge is 0.444 e. The summed E-state index contributed by atoms with van der Waals surface area (Å²) in [6, 6.07) is 9.61. The van der Waals surface area contributed by atoms with E-state index in [1.807, 2.05) is 45.0 Å². The molecule has 4 rings (SSSR count). The molecule has 10 heteroatoms. The van der Waals surface area contributed by atoms with Gasteiger partial charge in [0.15, 0.2) is 6.19 Å². The second kappa shape index (κ2) is 12.4. The number of ether oxygens (including phenoxy) is 1. The topological polar surface area (TPSA) is 110 Å². The minimum Gasteiger partial charge on any atom is -0.444 e. The van der Waals surface area contributed by atoms with Crippen molar-refractivity contribution in [3.63, 3.8) is 0 Å². The third kappa shape index (κ3) is 7.01. The Bertz CT molecular complexity index is 1300. The first-order chi connectivity index (χ1) is 19.8. The predicted octanol–water partition coefficient (Wildman–Crippen LogP) is 4.48. The van der Waals surface area contributed by atoms with Crippen molar-refractivity contribution in [3.05, 3.63) is 59.9 Å². The Labute approximate surface area is 248 Å². The Balaban J connectivity index is 1.70. The number of nitrogens with zero attached hydrogens (tertiary/aromatic N) is 6. The maximum atomic E-state index is 14.4. The third-order valence-corrected chi connectivity index (χ3v) is 7.65. The van der Waals surface area contributed by atoms with Crippen LogP contribution in [0, 0.1) is 11.5 Å². The van der Waals surface area contributed by atoms with Crippen LogP contribution >= 0.6 is 0 Å². The average molecular weight is 575 g/mol. The van der Waals surface area contributed by atoms with Gasteiger partial charge in [0.05, 0.1) is 0 Å². The Morgan fingerprint density at radius 1 is 0.976 bits per heavy atom. The molecule has 2 aliphatic heterocycles. The number of piperazine rings is 1. The lowest BCUT2D eigenvalue weighted by Gasteiger charge is -2.40. The van der Waals surface area contributed by atoms with Gasteiger partial charge < -0.3 is 14.5 Å². The molecule has 224 valence electrons. The Kier molecular flexibility index (Phi) is 9.09. The summed E-state index contributed by atoms with van der Waals surface area (Å²) in [5.74, 6) is -0.561. The molecule has 0 N–H and O–H groups in total. The molecule has 2 aliphatic rings. The number of benzene rings is 1. The number of amides is 3. The SMILES string of the molecule is CC(C)(C)OC(=O)N1CCN(C(=O)C(c2cccnc2)N(C(=O)[C@H]2CCCN2C#N)c2ccc(C(C)(C)C)cc2)CC1. The predicted molar refractivity (Wildman–Crippen MR) is 159 cm³/mol. The first kappa shape index (κ1) is 30.8. The van der Waals surface area contributed by atoms with E-state index in [2.05, 4.69) is 31.9 Å². The van der Waals surface area contributed by atoms with Gasteiger partial charge in [0.1, 0.15) is 17.7 Å². The Morgan fingerprint density at radius 2 is 1.62 bits per heavy atom. The standard InChI is InChI=1S/C32H42N6O4/c1-31(2,3)24-11-13-25(14-12-24)38(28(39)26-10-8-16-37(26)22-33)27(23-9-7-15-34-21-23)29(40)35-17-19-36(20-18-35)30(41)42-32(4,5)6/h7,9,11-15,21,26-27H,8,10,16-20H2,1-6H3/t26-,27?/m1/s1. The summed E-state index contributed by atoms with van der Waals surface area (Å²) in [4.78, 5) is 52.0. The van der Waals surface area contributed by atoms with Crippen LogP contribution in [0.3, 0.4) is 0 Å². The van der Waals surface area contributed by atoms with E-state index in [0.29, 0.717) is 50.4 Å². The fraction of sp³-hybridized carbons (Fsp3) is 0.531. The van der Waals surface area contributed by atoms with Crippen LogP contribution in [0.4, 0.5) is 10.5 Å². The monoisotopic (exact) mass is 574 g/mol. The summed E-state index contributed by atoms with van der Waals surface area (Å²) in [5, 5.41) is 9.75. The number of rotatable bonds is 5. The number of hydrogen-bond donors (Lipinski definition) is 0. The van der Waals surface area contributed by atoms with Crippen molar-refractivity contribution in [2.45, 2.75) is 77.5 Å². The highest BCUT2D eigenvalue weighted by atomic mass is 16.6. The van der Waals surface area contributed by atoms with Crippen molar-refractivity contribution in [2.24, 2.45) is 0 Å². The summed E-state index contributed by atoms with van der Waals surface area (Å²) >= 11 is 0. The van der Waals surface area contributed by atoms with Crippen LogP contribution in [0.2, 0.25) is 0 Å². The fourth-order valence-corrected chi connectivity index (χ4v) is 5.38. The Morgan fingerprint density at radius 3 is 2.17 bits per heavy atom. The van der Waals surface area contributed by atoms with Crippen LogP contribution in [0.15, 0.2) is 48.8 Å². The van der Waals surface area contributed by atoms with Gasteiger partial charge in [-0.05, 0) is 62.8 Å². The summed E-state index contributed by atoms with van der Waals surface area (Å²) < 4.78 is 5.52. The molecule has 2 fully saturated rings. The van der Waals surface area contributed by atoms with E-state index in [9.17, 15) is 19.6 Å². The Hall–Kier alpha value is -4.13. The van der Waals surface area contributed by atoms with E-state index in [1.165, 1.54) is 4.90 Å². The van der Waals surface area contributed by atoms with E-state index in [1.54, 1.807) is 39.2 Å². The maximum absolute atomic E-state index is 14.4. The molecule has 2 aromatic rings. The zero-order valence-corrected chi connectivity index (χ0v) is 25.5. The molecule has 2 saturated heterocycles. The summed E-state index contributed by atoms with van der Waals surface area (Å²) in [6.07, 6.45) is 6.25. The van der Waals surface area contributed by atoms with E-state index < -0.39 is 23.8 Å². The molecule has 1 aromatic carbocycles. The zero-order valence-electron chi connectivity index (χ0n) is 25.5. The number of nitriles is 1. The number of hydrogen-bond acceptors (Lipinski definition) is 7. The van der Waals surface area contributed by atoms with Crippen molar-refractivity contribution in [3.8, 4) is 6.19 Å². The lowest BCUT2D eigenvalue weighted by atomic mass is 9.87. The molecule has 42 heavy (non-hydrogen) atoms. The van der Waals surface area contributed by atoms with Gasteiger partial charge in [-0.2, -0.15) is 5.26 Å². The number of likely N-dealkylation sites (tertiary alicyclic amines) is 1. The van der Waals surface area contributed by atoms with Gasteiger partial charge in [-0.1, -0.05) is 39.0 Å². The smallest absolute Gasteiger partial charge is 0.410 e. The summed E-state index contributed by atoms with van der Waals surface area (Å²) in [5.41, 5.74) is 1.54.